The lowest BCUT2D eigenvalue weighted by Gasteiger charge is -2.37. The first kappa shape index (κ1) is 19.2. The van der Waals surface area contributed by atoms with Gasteiger partial charge in [-0.3, -0.25) is 0 Å². The van der Waals surface area contributed by atoms with Crippen LogP contribution >= 0.6 is 0 Å². The molecule has 0 saturated heterocycles. The first-order chi connectivity index (χ1) is 9.62. The summed E-state index contributed by atoms with van der Waals surface area (Å²) in [5.41, 5.74) is 1.29. The molecular weight excluding hydrogens is 272 g/mol. The SMILES string of the molecule is CC(C)(C)OC(C)(C)c1cccc(C(C)(C)OC(C)(C)C)c1. The zero-order chi connectivity index (χ0) is 17.4. The Kier molecular flexibility index (Phi) is 5.21. The quantitative estimate of drug-likeness (QED) is 0.701. The summed E-state index contributed by atoms with van der Waals surface area (Å²) in [7, 11) is 0. The van der Waals surface area contributed by atoms with Gasteiger partial charge in [0.2, 0.25) is 0 Å². The molecule has 0 aliphatic heterocycles. The fraction of sp³-hybridized carbons (Fsp3) is 0.700. The largest absolute Gasteiger partial charge is 0.365 e. The van der Waals surface area contributed by atoms with Gasteiger partial charge in [-0.05, 0) is 80.4 Å². The monoisotopic (exact) mass is 306 g/mol. The lowest BCUT2D eigenvalue weighted by atomic mass is 9.89. The van der Waals surface area contributed by atoms with Crippen LogP contribution in [-0.2, 0) is 20.7 Å². The number of ether oxygens (including phenoxy) is 2. The Bertz CT molecular complexity index is 456. The van der Waals surface area contributed by atoms with Gasteiger partial charge in [0.25, 0.3) is 0 Å². The summed E-state index contributed by atoms with van der Waals surface area (Å²) < 4.78 is 12.5. The van der Waals surface area contributed by atoms with Crippen molar-refractivity contribution in [1.29, 1.82) is 0 Å². The van der Waals surface area contributed by atoms with Crippen molar-refractivity contribution in [3.8, 4) is 0 Å². The van der Waals surface area contributed by atoms with Gasteiger partial charge in [0.15, 0.2) is 0 Å². The minimum Gasteiger partial charge on any atom is -0.365 e. The molecule has 0 N–H and O–H groups in total. The first-order valence-corrected chi connectivity index (χ1v) is 8.14. The molecule has 0 radical (unpaired) electrons. The molecule has 0 atom stereocenters. The first-order valence-electron chi connectivity index (χ1n) is 8.14. The third-order valence-corrected chi connectivity index (χ3v) is 3.38. The molecule has 0 fully saturated rings. The second-order valence-corrected chi connectivity index (χ2v) is 9.03. The van der Waals surface area contributed by atoms with Gasteiger partial charge in [0.05, 0.1) is 22.4 Å². The minimum atomic E-state index is -0.341. The molecule has 0 aliphatic carbocycles. The summed E-state index contributed by atoms with van der Waals surface area (Å²) in [5, 5.41) is 0. The van der Waals surface area contributed by atoms with E-state index in [9.17, 15) is 0 Å². The van der Waals surface area contributed by atoms with E-state index in [4.69, 9.17) is 9.47 Å². The van der Waals surface area contributed by atoms with Crippen LogP contribution in [0.1, 0.15) is 80.4 Å². The number of rotatable bonds is 4. The van der Waals surface area contributed by atoms with E-state index in [2.05, 4.69) is 93.5 Å². The molecule has 0 heterocycles. The Morgan fingerprint density at radius 3 is 1.18 bits per heavy atom. The van der Waals surface area contributed by atoms with E-state index in [1.807, 2.05) is 0 Å². The molecule has 1 aromatic carbocycles. The van der Waals surface area contributed by atoms with Gasteiger partial charge in [-0.1, -0.05) is 24.3 Å². The molecule has 2 nitrogen and oxygen atoms in total. The second-order valence-electron chi connectivity index (χ2n) is 9.03. The molecule has 2 heteroatoms. The molecule has 22 heavy (non-hydrogen) atoms. The highest BCUT2D eigenvalue weighted by molar-refractivity contribution is 5.31. The van der Waals surface area contributed by atoms with Crippen molar-refractivity contribution in [2.45, 2.75) is 91.6 Å². The maximum atomic E-state index is 6.24. The van der Waals surface area contributed by atoms with Crippen LogP contribution in [0.2, 0.25) is 0 Å². The zero-order valence-electron chi connectivity index (χ0n) is 16.1. The molecule has 1 rings (SSSR count). The number of hydrogen-bond acceptors (Lipinski definition) is 2. The van der Waals surface area contributed by atoms with E-state index in [1.54, 1.807) is 0 Å². The average Bonchev–Trinajstić information content (AvgIpc) is 2.22. The van der Waals surface area contributed by atoms with Gasteiger partial charge in [-0.15, -0.1) is 0 Å². The van der Waals surface area contributed by atoms with E-state index in [0.717, 1.165) is 0 Å². The summed E-state index contributed by atoms with van der Waals surface area (Å²) in [6.45, 7) is 21.0. The van der Waals surface area contributed by atoms with Gasteiger partial charge >= 0.3 is 0 Å². The molecule has 0 aromatic heterocycles. The van der Waals surface area contributed by atoms with Crippen LogP contribution in [0.25, 0.3) is 0 Å². The Hall–Kier alpha value is -0.860. The molecule has 126 valence electrons. The highest BCUT2D eigenvalue weighted by Gasteiger charge is 2.31. The van der Waals surface area contributed by atoms with Gasteiger partial charge in [0.1, 0.15) is 0 Å². The van der Waals surface area contributed by atoms with Gasteiger partial charge < -0.3 is 9.47 Å². The normalized spacial score (nSPS) is 14.3. The number of benzene rings is 1. The van der Waals surface area contributed by atoms with Crippen molar-refractivity contribution < 1.29 is 9.47 Å². The van der Waals surface area contributed by atoms with Crippen molar-refractivity contribution in [3.63, 3.8) is 0 Å². The predicted octanol–water partition coefficient (Wildman–Crippen LogP) is 5.79. The van der Waals surface area contributed by atoms with E-state index in [-0.39, 0.29) is 22.4 Å². The Morgan fingerprint density at radius 2 is 0.909 bits per heavy atom. The van der Waals surface area contributed by atoms with Crippen LogP contribution in [0, 0.1) is 0 Å². The second kappa shape index (κ2) is 5.98. The summed E-state index contributed by atoms with van der Waals surface area (Å²) >= 11 is 0. The lowest BCUT2D eigenvalue weighted by molar-refractivity contribution is -0.120. The summed E-state index contributed by atoms with van der Waals surface area (Å²) in [6, 6.07) is 8.55. The van der Waals surface area contributed by atoms with Crippen molar-refractivity contribution >= 4 is 0 Å². The molecule has 0 saturated carbocycles. The fourth-order valence-electron chi connectivity index (χ4n) is 2.92. The smallest absolute Gasteiger partial charge is 0.0882 e. The Labute approximate surface area is 137 Å². The summed E-state index contributed by atoms with van der Waals surface area (Å²) in [5.74, 6) is 0. The maximum Gasteiger partial charge on any atom is 0.0882 e. The Balaban J connectivity index is 3.14. The van der Waals surface area contributed by atoms with E-state index < -0.39 is 0 Å². The van der Waals surface area contributed by atoms with Crippen LogP contribution in [0.15, 0.2) is 24.3 Å². The molecule has 0 aliphatic rings. The molecular formula is C20H34O2. The maximum absolute atomic E-state index is 6.24. The predicted molar refractivity (Wildman–Crippen MR) is 94.2 cm³/mol. The van der Waals surface area contributed by atoms with Crippen LogP contribution in [0.4, 0.5) is 0 Å². The van der Waals surface area contributed by atoms with E-state index in [1.165, 1.54) is 11.1 Å². The van der Waals surface area contributed by atoms with Crippen molar-refractivity contribution in [3.05, 3.63) is 35.4 Å². The average molecular weight is 306 g/mol. The van der Waals surface area contributed by atoms with Crippen molar-refractivity contribution in [2.24, 2.45) is 0 Å². The van der Waals surface area contributed by atoms with E-state index in [0.29, 0.717) is 0 Å². The van der Waals surface area contributed by atoms with Crippen LogP contribution in [0.3, 0.4) is 0 Å². The molecule has 0 unspecified atom stereocenters. The Morgan fingerprint density at radius 1 is 0.591 bits per heavy atom. The van der Waals surface area contributed by atoms with Gasteiger partial charge in [-0.25, -0.2) is 0 Å². The highest BCUT2D eigenvalue weighted by Crippen LogP contribution is 2.35. The van der Waals surface area contributed by atoms with Crippen LogP contribution < -0.4 is 0 Å². The zero-order valence-corrected chi connectivity index (χ0v) is 16.1. The molecule has 0 bridgehead atoms. The summed E-state index contributed by atoms with van der Waals surface area (Å²) in [6.07, 6.45) is 0. The van der Waals surface area contributed by atoms with Crippen molar-refractivity contribution in [1.82, 2.24) is 0 Å². The standard InChI is InChI=1S/C20H34O2/c1-17(2,3)21-19(7,8)15-12-11-13-16(14-15)20(9,10)22-18(4,5)6/h11-14H,1-10H3. The minimum absolute atomic E-state index is 0.184. The molecule has 0 amide bonds. The number of hydrogen-bond donors (Lipinski definition) is 0. The lowest BCUT2D eigenvalue weighted by Crippen LogP contribution is -2.34. The van der Waals surface area contributed by atoms with Gasteiger partial charge in [0, 0.05) is 0 Å². The van der Waals surface area contributed by atoms with Gasteiger partial charge in [-0.2, -0.15) is 0 Å². The third kappa shape index (κ3) is 5.73. The van der Waals surface area contributed by atoms with E-state index >= 15 is 0 Å². The molecule has 0 spiro atoms. The van der Waals surface area contributed by atoms with Crippen LogP contribution in [0.5, 0.6) is 0 Å². The third-order valence-electron chi connectivity index (χ3n) is 3.38. The topological polar surface area (TPSA) is 18.5 Å². The van der Waals surface area contributed by atoms with Crippen LogP contribution in [-0.4, -0.2) is 11.2 Å². The van der Waals surface area contributed by atoms with Crippen molar-refractivity contribution in [2.75, 3.05) is 0 Å². The molecule has 1 aromatic rings. The summed E-state index contributed by atoms with van der Waals surface area (Å²) in [4.78, 5) is 0. The fourth-order valence-corrected chi connectivity index (χ4v) is 2.92. The highest BCUT2D eigenvalue weighted by atomic mass is 16.5.